The van der Waals surface area contributed by atoms with Gasteiger partial charge in [-0.25, -0.2) is 8.42 Å². The number of piperidine rings is 1. The van der Waals surface area contributed by atoms with Crippen LogP contribution in [0.3, 0.4) is 0 Å². The minimum Gasteiger partial charge on any atom is -0.341 e. The zero-order valence-electron chi connectivity index (χ0n) is 19.8. The molecule has 1 amide bonds. The number of nitrogens with zero attached hydrogens (tertiary/aromatic N) is 3. The predicted molar refractivity (Wildman–Crippen MR) is 126 cm³/mol. The first kappa shape index (κ1) is 25.7. The molecule has 1 fully saturated rings. The molecule has 6 nitrogen and oxygen atoms in total. The lowest BCUT2D eigenvalue weighted by Crippen LogP contribution is -2.52. The number of carbonyl (C=O) groups excluding carboxylic acids is 1. The number of hydrogen-bond acceptors (Lipinski definition) is 4. The number of amides is 1. The van der Waals surface area contributed by atoms with E-state index in [1.54, 1.807) is 18.7 Å². The largest absolute Gasteiger partial charge is 0.416 e. The summed E-state index contributed by atoms with van der Waals surface area (Å²) in [6.45, 7) is 6.01. The number of rotatable bonds is 6. The van der Waals surface area contributed by atoms with Crippen molar-refractivity contribution in [3.05, 3.63) is 65.2 Å². The molecule has 0 aromatic heterocycles. The van der Waals surface area contributed by atoms with E-state index in [2.05, 4.69) is 17.0 Å². The fraction of sp³-hybridized carbons (Fsp3) is 0.480. The van der Waals surface area contributed by atoms with E-state index in [1.807, 2.05) is 12.1 Å². The topological polar surface area (TPSA) is 60.9 Å². The van der Waals surface area contributed by atoms with Gasteiger partial charge in [0.25, 0.3) is 0 Å². The fourth-order valence-corrected chi connectivity index (χ4v) is 6.95. The molecule has 4 rings (SSSR count). The van der Waals surface area contributed by atoms with Crippen LogP contribution in [0, 0.1) is 0 Å². The molecule has 2 aromatic rings. The number of carbonyl (C=O) groups is 1. The van der Waals surface area contributed by atoms with Gasteiger partial charge in [-0.3, -0.25) is 9.69 Å². The van der Waals surface area contributed by atoms with Crippen LogP contribution in [0.1, 0.15) is 43.4 Å². The summed E-state index contributed by atoms with van der Waals surface area (Å²) in [6.07, 6.45) is -3.76. The first-order valence-electron chi connectivity index (χ1n) is 11.7. The molecule has 0 saturated carbocycles. The van der Waals surface area contributed by atoms with Gasteiger partial charge in [0.1, 0.15) is 0 Å². The monoisotopic (exact) mass is 509 g/mol. The van der Waals surface area contributed by atoms with Crippen LogP contribution in [0.25, 0.3) is 0 Å². The summed E-state index contributed by atoms with van der Waals surface area (Å²) < 4.78 is 67.5. The number of hydrogen-bond donors (Lipinski definition) is 0. The Bertz CT molecular complexity index is 1150. The van der Waals surface area contributed by atoms with Crippen molar-refractivity contribution in [1.29, 1.82) is 0 Å². The highest BCUT2D eigenvalue weighted by Gasteiger charge is 2.38. The van der Waals surface area contributed by atoms with E-state index in [0.29, 0.717) is 38.5 Å². The van der Waals surface area contributed by atoms with E-state index < -0.39 is 33.8 Å². The molecule has 35 heavy (non-hydrogen) atoms. The lowest BCUT2D eigenvalue weighted by molar-refractivity contribution is -0.137. The van der Waals surface area contributed by atoms with Crippen LogP contribution in [0.2, 0.25) is 0 Å². The van der Waals surface area contributed by atoms with E-state index in [9.17, 15) is 26.4 Å². The van der Waals surface area contributed by atoms with Gasteiger partial charge in [0, 0.05) is 38.3 Å². The Morgan fingerprint density at radius 2 is 1.63 bits per heavy atom. The summed E-state index contributed by atoms with van der Waals surface area (Å²) >= 11 is 0. The molecule has 0 atom stereocenters. The maximum Gasteiger partial charge on any atom is 0.416 e. The maximum atomic E-state index is 13.4. The molecular weight excluding hydrogens is 479 g/mol. The molecule has 0 radical (unpaired) electrons. The average Bonchev–Trinajstić information content (AvgIpc) is 3.21. The van der Waals surface area contributed by atoms with Crippen LogP contribution in [-0.2, 0) is 34.1 Å². The Labute approximate surface area is 204 Å². The third kappa shape index (κ3) is 5.54. The van der Waals surface area contributed by atoms with Crippen LogP contribution in [0.5, 0.6) is 0 Å². The smallest absolute Gasteiger partial charge is 0.341 e. The fourth-order valence-electron chi connectivity index (χ4n) is 5.03. The third-order valence-electron chi connectivity index (χ3n) is 6.69. The van der Waals surface area contributed by atoms with Crippen LogP contribution in [-0.4, -0.2) is 60.1 Å². The SMILES string of the molecule is CC(C)N(C1CCN(C(=O)CN2Cc3ccccc3C2)CC1)S(=O)(=O)c1cccc(C(F)(F)F)c1. The summed E-state index contributed by atoms with van der Waals surface area (Å²) in [4.78, 5) is 16.4. The molecule has 0 N–H and O–H groups in total. The Kier molecular flexibility index (Phi) is 7.26. The van der Waals surface area contributed by atoms with Gasteiger partial charge >= 0.3 is 6.18 Å². The second-order valence-corrected chi connectivity index (χ2v) is 11.3. The van der Waals surface area contributed by atoms with E-state index in [0.717, 1.165) is 25.2 Å². The Morgan fingerprint density at radius 3 is 2.17 bits per heavy atom. The van der Waals surface area contributed by atoms with Gasteiger partial charge in [-0.05, 0) is 56.0 Å². The summed E-state index contributed by atoms with van der Waals surface area (Å²) in [7, 11) is -4.15. The van der Waals surface area contributed by atoms with E-state index in [1.165, 1.54) is 21.5 Å². The summed E-state index contributed by atoms with van der Waals surface area (Å²) in [5, 5.41) is 0. The summed E-state index contributed by atoms with van der Waals surface area (Å²) in [5.41, 5.74) is 1.46. The van der Waals surface area contributed by atoms with Crippen molar-refractivity contribution >= 4 is 15.9 Å². The van der Waals surface area contributed by atoms with Gasteiger partial charge in [0.05, 0.1) is 17.0 Å². The van der Waals surface area contributed by atoms with Crippen molar-refractivity contribution in [2.24, 2.45) is 0 Å². The predicted octanol–water partition coefficient (Wildman–Crippen LogP) is 4.11. The first-order valence-corrected chi connectivity index (χ1v) is 13.2. The van der Waals surface area contributed by atoms with Crippen molar-refractivity contribution in [2.45, 2.75) is 62.9 Å². The van der Waals surface area contributed by atoms with Crippen molar-refractivity contribution in [1.82, 2.24) is 14.1 Å². The number of alkyl halides is 3. The normalized spacial score (nSPS) is 17.9. The van der Waals surface area contributed by atoms with Crippen molar-refractivity contribution < 1.29 is 26.4 Å². The number of likely N-dealkylation sites (tertiary alicyclic amines) is 1. The summed E-state index contributed by atoms with van der Waals surface area (Å²) in [6, 6.07) is 11.1. The number of benzene rings is 2. The molecule has 0 aliphatic carbocycles. The Balaban J connectivity index is 1.41. The Morgan fingerprint density at radius 1 is 1.03 bits per heavy atom. The van der Waals surface area contributed by atoms with Gasteiger partial charge in [-0.1, -0.05) is 30.3 Å². The van der Waals surface area contributed by atoms with Gasteiger partial charge < -0.3 is 4.90 Å². The molecule has 10 heteroatoms. The van der Waals surface area contributed by atoms with Crippen molar-refractivity contribution in [3.63, 3.8) is 0 Å². The molecule has 1 saturated heterocycles. The quantitative estimate of drug-likeness (QED) is 0.588. The molecule has 2 aromatic carbocycles. The van der Waals surface area contributed by atoms with Crippen molar-refractivity contribution in [2.75, 3.05) is 19.6 Å². The van der Waals surface area contributed by atoms with Crippen molar-refractivity contribution in [3.8, 4) is 0 Å². The van der Waals surface area contributed by atoms with Gasteiger partial charge in [0.2, 0.25) is 15.9 Å². The highest BCUT2D eigenvalue weighted by molar-refractivity contribution is 7.89. The van der Waals surface area contributed by atoms with E-state index >= 15 is 0 Å². The van der Waals surface area contributed by atoms with Gasteiger partial charge in [0.15, 0.2) is 0 Å². The zero-order chi connectivity index (χ0) is 25.4. The number of sulfonamides is 1. The lowest BCUT2D eigenvalue weighted by atomic mass is 10.0. The molecule has 2 aliphatic rings. The number of fused-ring (bicyclic) bond motifs is 1. The second-order valence-electron chi connectivity index (χ2n) is 9.48. The maximum absolute atomic E-state index is 13.4. The van der Waals surface area contributed by atoms with Gasteiger partial charge in [-0.15, -0.1) is 0 Å². The number of halogens is 3. The zero-order valence-corrected chi connectivity index (χ0v) is 20.6. The third-order valence-corrected chi connectivity index (χ3v) is 8.81. The molecule has 0 bridgehead atoms. The first-order chi connectivity index (χ1) is 16.5. The molecule has 2 aliphatic heterocycles. The Hall–Kier alpha value is -2.43. The van der Waals surface area contributed by atoms with E-state index in [4.69, 9.17) is 0 Å². The van der Waals surface area contributed by atoms with Gasteiger partial charge in [-0.2, -0.15) is 17.5 Å². The van der Waals surface area contributed by atoms with Crippen LogP contribution >= 0.6 is 0 Å². The van der Waals surface area contributed by atoms with E-state index in [-0.39, 0.29) is 10.8 Å². The average molecular weight is 510 g/mol. The lowest BCUT2D eigenvalue weighted by Gasteiger charge is -2.40. The highest BCUT2D eigenvalue weighted by Crippen LogP contribution is 2.33. The molecule has 0 unspecified atom stereocenters. The summed E-state index contributed by atoms with van der Waals surface area (Å²) in [5.74, 6) is 0.00749. The molecular formula is C25H30F3N3O3S. The second kappa shape index (κ2) is 9.91. The standard InChI is InChI=1S/C25H30F3N3O3S/c1-18(2)31(35(33,34)23-9-5-8-21(14-23)25(26,27)28)22-10-12-30(13-11-22)24(32)17-29-15-19-6-3-4-7-20(19)16-29/h3-9,14,18,22H,10-13,15-17H2,1-2H3. The minimum atomic E-state index is -4.63. The highest BCUT2D eigenvalue weighted by atomic mass is 32.2. The minimum absolute atomic E-state index is 0.00749. The van der Waals surface area contributed by atoms with Crippen LogP contribution in [0.4, 0.5) is 13.2 Å². The molecule has 0 spiro atoms. The van der Waals surface area contributed by atoms with Crippen LogP contribution in [0.15, 0.2) is 53.4 Å². The van der Waals surface area contributed by atoms with Crippen LogP contribution < -0.4 is 0 Å². The molecule has 2 heterocycles. The molecule has 190 valence electrons.